The summed E-state index contributed by atoms with van der Waals surface area (Å²) in [7, 11) is -2.24. The lowest BCUT2D eigenvalue weighted by Crippen LogP contribution is -2.45. The highest BCUT2D eigenvalue weighted by Crippen LogP contribution is 2.32. The van der Waals surface area contributed by atoms with Crippen molar-refractivity contribution in [1.29, 1.82) is 0 Å². The van der Waals surface area contributed by atoms with Gasteiger partial charge in [0.1, 0.15) is 10.6 Å². The lowest BCUT2D eigenvalue weighted by Gasteiger charge is -2.31. The third-order valence-corrected chi connectivity index (χ3v) is 6.46. The average molecular weight is 368 g/mol. The fraction of sp³-hybridized carbons (Fsp3) is 0.611. The summed E-state index contributed by atoms with van der Waals surface area (Å²) in [5.74, 6) is 0.168. The van der Waals surface area contributed by atoms with Gasteiger partial charge in [-0.3, -0.25) is 4.79 Å². The topological polar surface area (TPSA) is 75.7 Å². The average Bonchev–Trinajstić information content (AvgIpc) is 2.61. The van der Waals surface area contributed by atoms with Crippen LogP contribution in [0.15, 0.2) is 23.1 Å². The molecule has 140 valence electrons. The van der Waals surface area contributed by atoms with Crippen LogP contribution in [0.1, 0.15) is 45.1 Å². The quantitative estimate of drug-likeness (QED) is 0.836. The van der Waals surface area contributed by atoms with Crippen LogP contribution in [0, 0.1) is 5.92 Å². The number of hydrogen-bond donors (Lipinski definition) is 1. The summed E-state index contributed by atoms with van der Waals surface area (Å²) < 4.78 is 33.1. The van der Waals surface area contributed by atoms with Gasteiger partial charge in [-0.2, -0.15) is 4.31 Å². The van der Waals surface area contributed by atoms with Crippen molar-refractivity contribution in [3.63, 3.8) is 0 Å². The van der Waals surface area contributed by atoms with Gasteiger partial charge in [0.2, 0.25) is 15.9 Å². The first kappa shape index (κ1) is 19.7. The minimum absolute atomic E-state index is 0.0784. The Morgan fingerprint density at radius 2 is 2.12 bits per heavy atom. The van der Waals surface area contributed by atoms with E-state index in [1.165, 1.54) is 11.4 Å². The van der Waals surface area contributed by atoms with Gasteiger partial charge in [-0.25, -0.2) is 8.42 Å². The van der Waals surface area contributed by atoms with Crippen molar-refractivity contribution >= 4 is 15.9 Å². The number of amides is 1. The Balaban J connectivity index is 2.34. The third-order valence-electron chi connectivity index (χ3n) is 4.58. The normalized spacial score (nSPS) is 19.0. The van der Waals surface area contributed by atoms with E-state index in [-0.39, 0.29) is 29.2 Å². The van der Waals surface area contributed by atoms with E-state index in [0.29, 0.717) is 31.7 Å². The van der Waals surface area contributed by atoms with Crippen molar-refractivity contribution in [2.24, 2.45) is 5.92 Å². The van der Waals surface area contributed by atoms with E-state index < -0.39 is 10.0 Å². The highest BCUT2D eigenvalue weighted by Gasteiger charge is 2.34. The van der Waals surface area contributed by atoms with Crippen molar-refractivity contribution in [1.82, 2.24) is 9.62 Å². The lowest BCUT2D eigenvalue weighted by atomic mass is 9.99. The molecule has 6 nitrogen and oxygen atoms in total. The number of methoxy groups -OCH3 is 1. The smallest absolute Gasteiger partial charge is 0.246 e. The Morgan fingerprint density at radius 1 is 1.40 bits per heavy atom. The van der Waals surface area contributed by atoms with Gasteiger partial charge in [0, 0.05) is 19.6 Å². The first-order valence-corrected chi connectivity index (χ1v) is 10.2. The summed E-state index contributed by atoms with van der Waals surface area (Å²) in [6.07, 6.45) is 1.38. The van der Waals surface area contributed by atoms with E-state index in [1.807, 2.05) is 26.8 Å². The number of hydrogen-bond acceptors (Lipinski definition) is 4. The molecule has 0 spiro atoms. The third kappa shape index (κ3) is 4.33. The molecule has 0 radical (unpaired) electrons. The first-order valence-electron chi connectivity index (χ1n) is 8.77. The van der Waals surface area contributed by atoms with Crippen LogP contribution in [-0.4, -0.2) is 45.4 Å². The number of nitrogens with zero attached hydrogens (tertiary/aromatic N) is 1. The van der Waals surface area contributed by atoms with Crippen LogP contribution in [-0.2, 0) is 14.8 Å². The molecule has 1 aliphatic heterocycles. The highest BCUT2D eigenvalue weighted by atomic mass is 32.2. The second-order valence-corrected chi connectivity index (χ2v) is 8.57. The maximum Gasteiger partial charge on any atom is 0.246 e. The molecule has 0 aromatic heterocycles. The molecule has 1 fully saturated rings. The van der Waals surface area contributed by atoms with Crippen LogP contribution < -0.4 is 10.1 Å². The van der Waals surface area contributed by atoms with Crippen LogP contribution in [0.2, 0.25) is 0 Å². The summed E-state index contributed by atoms with van der Waals surface area (Å²) in [6.45, 7) is 7.08. The molecule has 1 saturated heterocycles. The number of benzene rings is 1. The molecule has 1 N–H and O–H groups in total. The van der Waals surface area contributed by atoms with Crippen molar-refractivity contribution in [2.75, 3.05) is 26.7 Å². The van der Waals surface area contributed by atoms with Crippen molar-refractivity contribution in [3.8, 4) is 5.75 Å². The Morgan fingerprint density at radius 3 is 2.72 bits per heavy atom. The van der Waals surface area contributed by atoms with E-state index in [2.05, 4.69) is 5.32 Å². The van der Waals surface area contributed by atoms with Crippen molar-refractivity contribution in [2.45, 2.75) is 44.4 Å². The van der Waals surface area contributed by atoms with Gasteiger partial charge in [0.25, 0.3) is 0 Å². The minimum Gasteiger partial charge on any atom is -0.495 e. The predicted molar refractivity (Wildman–Crippen MR) is 97.2 cm³/mol. The summed E-state index contributed by atoms with van der Waals surface area (Å²) in [4.78, 5) is 12.3. The lowest BCUT2D eigenvalue weighted by molar-refractivity contribution is -0.125. The minimum atomic E-state index is -3.71. The van der Waals surface area contributed by atoms with E-state index in [1.54, 1.807) is 12.1 Å². The molecular formula is C18H28N2O4S. The molecule has 0 unspecified atom stereocenters. The van der Waals surface area contributed by atoms with Crippen molar-refractivity contribution in [3.05, 3.63) is 23.8 Å². The number of carbonyl (C=O) groups is 1. The standard InChI is InChI=1S/C18H28N2O4S/c1-5-19-18(21)15-7-6-10-20(12-15)25(22,23)17-11-14(13(2)3)8-9-16(17)24-4/h8-9,11,13,15H,5-7,10,12H2,1-4H3,(H,19,21)/t15-/m0/s1. The number of sulfonamides is 1. The van der Waals surface area contributed by atoms with E-state index in [9.17, 15) is 13.2 Å². The second kappa shape index (κ2) is 8.19. The summed E-state index contributed by atoms with van der Waals surface area (Å²) in [5, 5.41) is 2.79. The molecule has 7 heteroatoms. The molecule has 0 saturated carbocycles. The number of nitrogens with one attached hydrogen (secondary N) is 1. The van der Waals surface area contributed by atoms with Crippen LogP contribution in [0.25, 0.3) is 0 Å². The number of piperidine rings is 1. The molecule has 1 amide bonds. The molecule has 1 atom stereocenters. The van der Waals surface area contributed by atoms with Gasteiger partial charge in [-0.1, -0.05) is 19.9 Å². The molecule has 1 aliphatic rings. The van der Waals surface area contributed by atoms with Gasteiger partial charge in [0.05, 0.1) is 13.0 Å². The largest absolute Gasteiger partial charge is 0.495 e. The zero-order valence-corrected chi connectivity index (χ0v) is 16.2. The fourth-order valence-electron chi connectivity index (χ4n) is 3.09. The predicted octanol–water partition coefficient (Wildman–Crippen LogP) is 2.36. The van der Waals surface area contributed by atoms with Gasteiger partial charge in [-0.05, 0) is 43.4 Å². The summed E-state index contributed by atoms with van der Waals surface area (Å²) in [5.41, 5.74) is 0.941. The molecule has 0 aliphatic carbocycles. The number of ether oxygens (including phenoxy) is 1. The molecule has 1 aromatic carbocycles. The highest BCUT2D eigenvalue weighted by molar-refractivity contribution is 7.89. The zero-order chi connectivity index (χ0) is 18.6. The van der Waals surface area contributed by atoms with E-state index in [0.717, 1.165) is 5.56 Å². The second-order valence-electron chi connectivity index (χ2n) is 6.66. The monoisotopic (exact) mass is 368 g/mol. The molecular weight excluding hydrogens is 340 g/mol. The zero-order valence-electron chi connectivity index (χ0n) is 15.4. The number of carbonyl (C=O) groups excluding carboxylic acids is 1. The molecule has 25 heavy (non-hydrogen) atoms. The van der Waals surface area contributed by atoms with E-state index in [4.69, 9.17) is 4.74 Å². The molecule has 1 aromatic rings. The maximum atomic E-state index is 13.2. The number of rotatable bonds is 6. The van der Waals surface area contributed by atoms with Crippen LogP contribution >= 0.6 is 0 Å². The van der Waals surface area contributed by atoms with Gasteiger partial charge in [0.15, 0.2) is 0 Å². The van der Waals surface area contributed by atoms with Crippen LogP contribution in [0.3, 0.4) is 0 Å². The Bertz CT molecular complexity index is 716. The van der Waals surface area contributed by atoms with Gasteiger partial charge >= 0.3 is 0 Å². The SMILES string of the molecule is CCNC(=O)[C@H]1CCCN(S(=O)(=O)c2cc(C(C)C)ccc2OC)C1. The van der Waals surface area contributed by atoms with Crippen LogP contribution in [0.4, 0.5) is 0 Å². The van der Waals surface area contributed by atoms with Crippen LogP contribution in [0.5, 0.6) is 5.75 Å². The molecule has 1 heterocycles. The maximum absolute atomic E-state index is 13.2. The van der Waals surface area contributed by atoms with Gasteiger partial charge < -0.3 is 10.1 Å². The van der Waals surface area contributed by atoms with Crippen molar-refractivity contribution < 1.29 is 17.9 Å². The summed E-state index contributed by atoms with van der Waals surface area (Å²) in [6, 6.07) is 5.28. The Hall–Kier alpha value is -1.60. The Kier molecular flexibility index (Phi) is 6.46. The Labute approximate surface area is 150 Å². The first-order chi connectivity index (χ1) is 11.8. The molecule has 2 rings (SSSR count). The fourth-order valence-corrected chi connectivity index (χ4v) is 4.80. The summed E-state index contributed by atoms with van der Waals surface area (Å²) >= 11 is 0. The molecule has 0 bridgehead atoms. The van der Waals surface area contributed by atoms with Gasteiger partial charge in [-0.15, -0.1) is 0 Å². The van der Waals surface area contributed by atoms with E-state index >= 15 is 0 Å².